The van der Waals surface area contributed by atoms with Gasteiger partial charge in [0.1, 0.15) is 6.10 Å². The zero-order valence-electron chi connectivity index (χ0n) is 33.7. The predicted molar refractivity (Wildman–Crippen MR) is 190 cm³/mol. The molecular weight excluding hydrogens is 917 g/mol. The molecule has 0 saturated carbocycles. The first-order valence-electron chi connectivity index (χ1n) is 18.5. The molecule has 10 nitrogen and oxygen atoms in total. The molecule has 1 heterocycles. The molecule has 64 heavy (non-hydrogen) atoms. The van der Waals surface area contributed by atoms with Gasteiger partial charge in [-0.1, -0.05) is 0 Å². The average molecular weight is 958 g/mol. The van der Waals surface area contributed by atoms with Gasteiger partial charge in [0.05, 0.1) is 30.5 Å². The number of nitrogens with one attached hydrogen (secondary N) is 2. The molecule has 2 aromatic carbocycles. The lowest BCUT2D eigenvalue weighted by Crippen LogP contribution is -2.74. The first-order chi connectivity index (χ1) is 29.1. The van der Waals surface area contributed by atoms with Gasteiger partial charge >= 0.3 is 47.6 Å². The average Bonchev–Trinajstić information content (AvgIpc) is 3.55. The highest BCUT2D eigenvalue weighted by atomic mass is 19.4. The number of rotatable bonds is 22. The van der Waals surface area contributed by atoms with Crippen molar-refractivity contribution in [2.24, 2.45) is 16.1 Å². The van der Waals surface area contributed by atoms with Crippen LogP contribution in [0.4, 0.5) is 91.7 Å². The fourth-order valence-electron chi connectivity index (χ4n) is 5.56. The van der Waals surface area contributed by atoms with E-state index in [1.807, 2.05) is 19.0 Å². The molecule has 0 radical (unpaired) electrons. The van der Waals surface area contributed by atoms with Crippen LogP contribution in [0.25, 0.3) is 0 Å². The molecule has 1 aliphatic rings. The Morgan fingerprint density at radius 2 is 1.22 bits per heavy atom. The van der Waals surface area contributed by atoms with Gasteiger partial charge in [0.15, 0.2) is 5.79 Å². The van der Waals surface area contributed by atoms with Crippen LogP contribution in [0.15, 0.2) is 58.8 Å². The first kappa shape index (κ1) is 53.8. The minimum atomic E-state index is -8.77. The van der Waals surface area contributed by atoms with Crippen LogP contribution in [-0.2, 0) is 19.0 Å². The number of amides is 2. The van der Waals surface area contributed by atoms with Crippen LogP contribution in [0.2, 0.25) is 0 Å². The summed E-state index contributed by atoms with van der Waals surface area (Å²) in [6.45, 7) is 1.83. The molecule has 27 heteroatoms. The van der Waals surface area contributed by atoms with Crippen molar-refractivity contribution in [1.82, 2.24) is 10.6 Å². The van der Waals surface area contributed by atoms with Crippen LogP contribution in [0.5, 0.6) is 0 Å². The fourth-order valence-corrected chi connectivity index (χ4v) is 5.56. The summed E-state index contributed by atoms with van der Waals surface area (Å²) in [7, 11) is 3.62. The van der Waals surface area contributed by atoms with Crippen molar-refractivity contribution in [3.63, 3.8) is 0 Å². The van der Waals surface area contributed by atoms with Crippen LogP contribution in [0.1, 0.15) is 43.5 Å². The topological polar surface area (TPSA) is 114 Å². The van der Waals surface area contributed by atoms with Crippen LogP contribution in [-0.4, -0.2) is 118 Å². The van der Waals surface area contributed by atoms with Crippen molar-refractivity contribution in [2.45, 2.75) is 92.6 Å². The molecule has 0 aromatic heterocycles. The molecule has 2 amide bonds. The zero-order chi connectivity index (χ0) is 49.0. The summed E-state index contributed by atoms with van der Waals surface area (Å²) in [4.78, 5) is 27.7. The van der Waals surface area contributed by atoms with Gasteiger partial charge in [-0.25, -0.2) is 0 Å². The van der Waals surface area contributed by atoms with E-state index in [9.17, 15) is 84.2 Å². The molecule has 0 spiro atoms. The first-order valence-corrected chi connectivity index (χ1v) is 18.5. The maximum absolute atomic E-state index is 14.9. The number of hydrogen-bond acceptors (Lipinski definition) is 8. The number of alkyl halides is 17. The van der Waals surface area contributed by atoms with Crippen LogP contribution in [0, 0.1) is 5.92 Å². The van der Waals surface area contributed by atoms with E-state index in [2.05, 4.69) is 20.9 Å². The van der Waals surface area contributed by atoms with E-state index in [0.717, 1.165) is 17.8 Å². The van der Waals surface area contributed by atoms with E-state index in [4.69, 9.17) is 14.2 Å². The van der Waals surface area contributed by atoms with E-state index in [1.54, 1.807) is 38.1 Å². The largest absolute Gasteiger partial charge is 0.460 e. The Bertz CT molecular complexity index is 1910. The molecule has 2 N–H and O–H groups in total. The molecule has 2 unspecified atom stereocenters. The van der Waals surface area contributed by atoms with Gasteiger partial charge in [0.2, 0.25) is 5.91 Å². The number of carbonyl (C=O) groups excluding carboxylic acids is 2. The maximum Gasteiger partial charge on any atom is 0.460 e. The van der Waals surface area contributed by atoms with Gasteiger partial charge in [-0.3, -0.25) is 9.59 Å². The molecule has 1 saturated heterocycles. The number of anilines is 1. The van der Waals surface area contributed by atoms with Gasteiger partial charge in [0.25, 0.3) is 5.91 Å². The summed E-state index contributed by atoms with van der Waals surface area (Å²) in [5.41, 5.74) is 1.28. The second-order valence-corrected chi connectivity index (χ2v) is 14.9. The van der Waals surface area contributed by atoms with E-state index in [1.165, 1.54) is 12.1 Å². The summed E-state index contributed by atoms with van der Waals surface area (Å²) in [5, 5.41) is 12.2. The molecule has 2 atom stereocenters. The molecule has 2 aromatic rings. The van der Waals surface area contributed by atoms with Gasteiger partial charge in [-0.15, -0.1) is 0 Å². The van der Waals surface area contributed by atoms with Gasteiger partial charge in [-0.05, 0) is 75.2 Å². The molecule has 0 bridgehead atoms. The molecule has 362 valence electrons. The Balaban J connectivity index is 1.78. The molecule has 3 rings (SSSR count). The number of azo groups is 1. The second kappa shape index (κ2) is 19.5. The van der Waals surface area contributed by atoms with E-state index < -0.39 is 96.6 Å². The smallest absolute Gasteiger partial charge is 0.379 e. The molecule has 1 fully saturated rings. The van der Waals surface area contributed by atoms with Gasteiger partial charge in [-0.2, -0.15) is 84.9 Å². The Morgan fingerprint density at radius 3 is 1.69 bits per heavy atom. The highest BCUT2D eigenvalue weighted by Crippen LogP contribution is 2.64. The lowest BCUT2D eigenvalue weighted by molar-refractivity contribution is -0.461. The summed E-state index contributed by atoms with van der Waals surface area (Å²) >= 11 is 0. The summed E-state index contributed by atoms with van der Waals surface area (Å²) < 4.78 is 251. The number of ether oxygens (including phenoxy) is 3. The SMILES string of the molecule is CN(C)c1ccc(N=Nc2ccc(C(=O)NCC(CCC(F)(F)C(F)(F)C(F)(F)C(F)(F)C(F)(F)C(F)(F)C(F)(F)C(F)(F)F)C(=O)NCCCOCC3COC(C)(C)O3)cc2)cc1. The Morgan fingerprint density at radius 1 is 0.734 bits per heavy atom. The maximum atomic E-state index is 14.9. The summed E-state index contributed by atoms with van der Waals surface area (Å²) in [6.07, 6.45) is -13.1. The van der Waals surface area contributed by atoms with Crippen LogP contribution >= 0.6 is 0 Å². The predicted octanol–water partition coefficient (Wildman–Crippen LogP) is 9.98. The fraction of sp³-hybridized carbons (Fsp3) is 0.622. The van der Waals surface area contributed by atoms with Crippen LogP contribution in [0.3, 0.4) is 0 Å². The third-order valence-electron chi connectivity index (χ3n) is 9.39. The third kappa shape index (κ3) is 11.5. The quantitative estimate of drug-likeness (QED) is 0.0691. The summed E-state index contributed by atoms with van der Waals surface area (Å²) in [5.74, 6) is -63.1. The monoisotopic (exact) mass is 957 g/mol. The zero-order valence-corrected chi connectivity index (χ0v) is 33.7. The highest BCUT2D eigenvalue weighted by molar-refractivity contribution is 5.94. The van der Waals surface area contributed by atoms with Crippen molar-refractivity contribution in [3.05, 3.63) is 54.1 Å². The van der Waals surface area contributed by atoms with Crippen LogP contribution < -0.4 is 15.5 Å². The normalized spacial score (nSPS) is 17.4. The van der Waals surface area contributed by atoms with Crippen molar-refractivity contribution in [1.29, 1.82) is 0 Å². The number of benzene rings is 2. The number of hydrogen-bond donors (Lipinski definition) is 2. The second-order valence-electron chi connectivity index (χ2n) is 14.9. The Labute approximate surface area is 352 Å². The lowest BCUT2D eigenvalue weighted by atomic mass is 9.87. The molecular formula is C37H40F17N5O5. The van der Waals surface area contributed by atoms with Gasteiger partial charge in [0, 0.05) is 51.5 Å². The molecule has 0 aliphatic carbocycles. The lowest BCUT2D eigenvalue weighted by Gasteiger charge is -2.43. The van der Waals surface area contributed by atoms with Crippen molar-refractivity contribution < 1.29 is 98.4 Å². The summed E-state index contributed by atoms with van der Waals surface area (Å²) in [6, 6.07) is 11.6. The number of nitrogens with zero attached hydrogens (tertiary/aromatic N) is 3. The molecule has 1 aliphatic heterocycles. The minimum Gasteiger partial charge on any atom is -0.379 e. The van der Waals surface area contributed by atoms with Crippen molar-refractivity contribution >= 4 is 28.9 Å². The van der Waals surface area contributed by atoms with E-state index in [-0.39, 0.29) is 44.0 Å². The van der Waals surface area contributed by atoms with Gasteiger partial charge < -0.3 is 29.7 Å². The highest BCUT2D eigenvalue weighted by Gasteiger charge is 2.95. The number of halogens is 17. The van der Waals surface area contributed by atoms with E-state index in [0.29, 0.717) is 5.69 Å². The van der Waals surface area contributed by atoms with E-state index >= 15 is 0 Å². The Kier molecular flexibility index (Phi) is 16.4. The minimum absolute atomic E-state index is 0.00200. The standard InChI is InChI=1S/C37H40F17N5O5/c1-29(2)63-20-26(64-29)19-62-17-5-16-55-28(61)22(18-56-27(60)21-6-8-23(9-7-21)57-58-24-10-12-25(13-11-24)59(3)4)14-15-30(38,39)31(40,41)32(42,43)33(44,45)34(46,47)35(48,49)36(50,51)37(52,53)54/h6-13,22,26H,5,14-20H2,1-4H3,(H,55,61)(H,56,60). The Hall–Kier alpha value is -4.53. The third-order valence-corrected chi connectivity index (χ3v) is 9.39. The van der Waals surface area contributed by atoms with Crippen molar-refractivity contribution in [2.75, 3.05) is 51.9 Å². The number of carbonyl (C=O) groups is 2. The van der Waals surface area contributed by atoms with Crippen molar-refractivity contribution in [3.8, 4) is 0 Å².